The van der Waals surface area contributed by atoms with Gasteiger partial charge in [0, 0.05) is 13.6 Å². The monoisotopic (exact) mass is 411 g/mol. The summed E-state index contributed by atoms with van der Waals surface area (Å²) in [5.74, 6) is -0.476. The smallest absolute Gasteiger partial charge is 0.346 e. The van der Waals surface area contributed by atoms with Crippen molar-refractivity contribution in [3.8, 4) is 11.5 Å². The molecule has 0 N–H and O–H groups in total. The lowest BCUT2D eigenvalue weighted by Gasteiger charge is -2.18. The molecule has 0 atom stereocenters. The summed E-state index contributed by atoms with van der Waals surface area (Å²) in [5.41, 5.74) is 0.931. The zero-order chi connectivity index (χ0) is 20.0. The quantitative estimate of drug-likeness (QED) is 0.647. The third kappa shape index (κ3) is 5.28. The van der Waals surface area contributed by atoms with Crippen molar-refractivity contribution in [2.24, 2.45) is 0 Å². The van der Waals surface area contributed by atoms with Gasteiger partial charge in [-0.1, -0.05) is 35.3 Å². The SMILES string of the molecule is COc1cccc(OC)c1C(=O)OCC(=O)N(C)Cc1ccc(Cl)c(Cl)c1. The van der Waals surface area contributed by atoms with Crippen LogP contribution in [0.1, 0.15) is 15.9 Å². The summed E-state index contributed by atoms with van der Waals surface area (Å²) >= 11 is 11.9. The van der Waals surface area contributed by atoms with Gasteiger partial charge in [-0.25, -0.2) is 4.79 Å². The molecule has 0 radical (unpaired) electrons. The average molecular weight is 412 g/mol. The van der Waals surface area contributed by atoms with E-state index in [-0.39, 0.29) is 11.5 Å². The number of esters is 1. The number of hydrogen-bond acceptors (Lipinski definition) is 5. The van der Waals surface area contributed by atoms with E-state index in [1.165, 1.54) is 19.1 Å². The molecule has 0 aliphatic rings. The predicted octanol–water partition coefficient (Wildman–Crippen LogP) is 3.83. The van der Waals surface area contributed by atoms with E-state index in [1.807, 2.05) is 0 Å². The fourth-order valence-electron chi connectivity index (χ4n) is 2.36. The first kappa shape index (κ1) is 20.9. The summed E-state index contributed by atoms with van der Waals surface area (Å²) in [5, 5.41) is 0.846. The summed E-state index contributed by atoms with van der Waals surface area (Å²) in [6.07, 6.45) is 0. The van der Waals surface area contributed by atoms with Gasteiger partial charge in [0.15, 0.2) is 6.61 Å². The Morgan fingerprint density at radius 1 is 1.00 bits per heavy atom. The van der Waals surface area contributed by atoms with Gasteiger partial charge in [-0.05, 0) is 29.8 Å². The van der Waals surface area contributed by atoms with E-state index in [1.54, 1.807) is 43.4 Å². The highest BCUT2D eigenvalue weighted by atomic mass is 35.5. The lowest BCUT2D eigenvalue weighted by Crippen LogP contribution is -2.31. The number of carbonyl (C=O) groups is 2. The van der Waals surface area contributed by atoms with E-state index >= 15 is 0 Å². The summed E-state index contributed by atoms with van der Waals surface area (Å²) in [4.78, 5) is 26.1. The van der Waals surface area contributed by atoms with E-state index in [2.05, 4.69) is 0 Å². The molecule has 144 valence electrons. The number of halogens is 2. The van der Waals surface area contributed by atoms with E-state index in [9.17, 15) is 9.59 Å². The molecule has 0 saturated heterocycles. The van der Waals surface area contributed by atoms with E-state index < -0.39 is 12.6 Å². The van der Waals surface area contributed by atoms with Crippen molar-refractivity contribution in [1.82, 2.24) is 4.90 Å². The second kappa shape index (κ2) is 9.48. The molecule has 0 aromatic heterocycles. The van der Waals surface area contributed by atoms with Crippen molar-refractivity contribution in [3.63, 3.8) is 0 Å². The van der Waals surface area contributed by atoms with Crippen LogP contribution in [0.3, 0.4) is 0 Å². The maximum absolute atomic E-state index is 12.4. The molecule has 0 spiro atoms. The number of hydrogen-bond donors (Lipinski definition) is 0. The summed E-state index contributed by atoms with van der Waals surface area (Å²) in [7, 11) is 4.46. The number of benzene rings is 2. The zero-order valence-electron chi connectivity index (χ0n) is 15.1. The number of amides is 1. The molecule has 1 amide bonds. The zero-order valence-corrected chi connectivity index (χ0v) is 16.6. The second-order valence-electron chi connectivity index (χ2n) is 5.61. The summed E-state index contributed by atoms with van der Waals surface area (Å²) in [6, 6.07) is 10.0. The minimum absolute atomic E-state index is 0.127. The molecule has 0 unspecified atom stereocenters. The summed E-state index contributed by atoms with van der Waals surface area (Å²) < 4.78 is 15.5. The fraction of sp³-hybridized carbons (Fsp3) is 0.263. The lowest BCUT2D eigenvalue weighted by molar-refractivity contribution is -0.133. The number of ether oxygens (including phenoxy) is 3. The van der Waals surface area contributed by atoms with Crippen molar-refractivity contribution in [2.45, 2.75) is 6.54 Å². The topological polar surface area (TPSA) is 65.1 Å². The largest absolute Gasteiger partial charge is 0.496 e. The standard InChI is InChI=1S/C19H19Cl2NO5/c1-22(10-12-7-8-13(20)14(21)9-12)17(23)11-27-19(24)18-15(25-2)5-4-6-16(18)26-3/h4-9H,10-11H2,1-3H3. The second-order valence-corrected chi connectivity index (χ2v) is 6.43. The van der Waals surface area contributed by atoms with E-state index in [0.717, 1.165) is 5.56 Å². The van der Waals surface area contributed by atoms with Gasteiger partial charge in [0.1, 0.15) is 17.1 Å². The molecule has 0 fully saturated rings. The molecule has 2 rings (SSSR count). The third-order valence-electron chi connectivity index (χ3n) is 3.79. The maximum atomic E-state index is 12.4. The third-order valence-corrected chi connectivity index (χ3v) is 4.53. The predicted molar refractivity (Wildman–Crippen MR) is 103 cm³/mol. The number of rotatable bonds is 7. The summed E-state index contributed by atoms with van der Waals surface area (Å²) in [6.45, 7) is -0.122. The lowest BCUT2D eigenvalue weighted by atomic mass is 10.2. The number of nitrogens with zero attached hydrogens (tertiary/aromatic N) is 1. The van der Waals surface area contributed by atoms with Gasteiger partial charge in [0.25, 0.3) is 5.91 Å². The first-order chi connectivity index (χ1) is 12.9. The van der Waals surface area contributed by atoms with Crippen LogP contribution < -0.4 is 9.47 Å². The van der Waals surface area contributed by atoms with Crippen molar-refractivity contribution in [3.05, 3.63) is 57.6 Å². The van der Waals surface area contributed by atoms with Crippen LogP contribution in [-0.4, -0.2) is 44.7 Å². The highest BCUT2D eigenvalue weighted by Gasteiger charge is 2.21. The van der Waals surface area contributed by atoms with Crippen LogP contribution in [0, 0.1) is 0 Å². The van der Waals surface area contributed by atoms with Crippen molar-refractivity contribution >= 4 is 35.1 Å². The van der Waals surface area contributed by atoms with Gasteiger partial charge in [-0.15, -0.1) is 0 Å². The molecule has 0 saturated carbocycles. The van der Waals surface area contributed by atoms with Gasteiger partial charge in [-0.2, -0.15) is 0 Å². The molecule has 2 aromatic rings. The number of carbonyl (C=O) groups excluding carboxylic acids is 2. The molecule has 27 heavy (non-hydrogen) atoms. The molecular weight excluding hydrogens is 393 g/mol. The van der Waals surface area contributed by atoms with E-state index in [4.69, 9.17) is 37.4 Å². The van der Waals surface area contributed by atoms with Crippen LogP contribution in [0.5, 0.6) is 11.5 Å². The normalized spacial score (nSPS) is 10.3. The van der Waals surface area contributed by atoms with Crippen LogP contribution in [0.4, 0.5) is 0 Å². The van der Waals surface area contributed by atoms with Crippen LogP contribution >= 0.6 is 23.2 Å². The molecule has 0 bridgehead atoms. The van der Waals surface area contributed by atoms with Crippen molar-refractivity contribution in [2.75, 3.05) is 27.9 Å². The van der Waals surface area contributed by atoms with Gasteiger partial charge >= 0.3 is 5.97 Å². The maximum Gasteiger partial charge on any atom is 0.346 e. The Morgan fingerprint density at radius 2 is 1.63 bits per heavy atom. The van der Waals surface area contributed by atoms with Crippen LogP contribution in [0.2, 0.25) is 10.0 Å². The molecule has 2 aromatic carbocycles. The van der Waals surface area contributed by atoms with Crippen molar-refractivity contribution < 1.29 is 23.8 Å². The van der Waals surface area contributed by atoms with Gasteiger partial charge in [-0.3, -0.25) is 4.79 Å². The molecule has 0 heterocycles. The van der Waals surface area contributed by atoms with Gasteiger partial charge in [0.2, 0.25) is 0 Å². The first-order valence-electron chi connectivity index (χ1n) is 7.93. The van der Waals surface area contributed by atoms with Crippen LogP contribution in [-0.2, 0) is 16.1 Å². The average Bonchev–Trinajstić information content (AvgIpc) is 2.67. The number of methoxy groups -OCH3 is 2. The van der Waals surface area contributed by atoms with E-state index in [0.29, 0.717) is 28.1 Å². The Hall–Kier alpha value is -2.44. The Morgan fingerprint density at radius 3 is 2.19 bits per heavy atom. The molecule has 0 aliphatic heterocycles. The van der Waals surface area contributed by atoms with Crippen LogP contribution in [0.25, 0.3) is 0 Å². The Kier molecular flexibility index (Phi) is 7.33. The Balaban J connectivity index is 2.00. The first-order valence-corrected chi connectivity index (χ1v) is 8.69. The van der Waals surface area contributed by atoms with Gasteiger partial charge < -0.3 is 19.1 Å². The minimum atomic E-state index is -0.708. The van der Waals surface area contributed by atoms with Crippen molar-refractivity contribution in [1.29, 1.82) is 0 Å². The Labute approximate surface area is 167 Å². The van der Waals surface area contributed by atoms with Crippen LogP contribution in [0.15, 0.2) is 36.4 Å². The molecule has 0 aliphatic carbocycles. The molecule has 8 heteroatoms. The molecule has 6 nitrogen and oxygen atoms in total. The number of likely N-dealkylation sites (N-methyl/N-ethyl adjacent to an activating group) is 1. The Bertz CT molecular complexity index is 819. The fourth-order valence-corrected chi connectivity index (χ4v) is 2.68. The van der Waals surface area contributed by atoms with Gasteiger partial charge in [0.05, 0.1) is 24.3 Å². The minimum Gasteiger partial charge on any atom is -0.496 e. The molecular formula is C19H19Cl2NO5. The highest BCUT2D eigenvalue weighted by Crippen LogP contribution is 2.29. The highest BCUT2D eigenvalue weighted by molar-refractivity contribution is 6.42.